The maximum absolute atomic E-state index is 13.8. The molecule has 0 bridgehead atoms. The largest absolute Gasteiger partial charge is 0.331 e. The molecule has 2 saturated heterocycles. The van der Waals surface area contributed by atoms with Gasteiger partial charge in [-0.15, -0.1) is 11.3 Å². The second-order valence-corrected chi connectivity index (χ2v) is 8.15. The highest BCUT2D eigenvalue weighted by molar-refractivity contribution is 7.07. The second-order valence-electron chi connectivity index (χ2n) is 7.43. The van der Waals surface area contributed by atoms with Crippen molar-refractivity contribution in [1.82, 2.24) is 19.7 Å². The van der Waals surface area contributed by atoms with Crippen molar-refractivity contribution in [1.29, 1.82) is 0 Å². The fourth-order valence-electron chi connectivity index (χ4n) is 4.38. The van der Waals surface area contributed by atoms with Crippen LogP contribution in [0.25, 0.3) is 0 Å². The van der Waals surface area contributed by atoms with Crippen LogP contribution >= 0.6 is 11.3 Å². The highest BCUT2D eigenvalue weighted by Crippen LogP contribution is 2.45. The first-order chi connectivity index (χ1) is 12.5. The van der Waals surface area contributed by atoms with Gasteiger partial charge in [-0.25, -0.2) is 14.2 Å². The monoisotopic (exact) mass is 374 g/mol. The molecular weight excluding hydrogens is 351 g/mol. The molecule has 2 amide bonds. The van der Waals surface area contributed by atoms with E-state index >= 15 is 0 Å². The topological polar surface area (TPSA) is 39.7 Å². The van der Waals surface area contributed by atoms with Crippen LogP contribution in [0.5, 0.6) is 0 Å². The lowest BCUT2D eigenvalue weighted by Gasteiger charge is -2.31. The lowest BCUT2D eigenvalue weighted by Crippen LogP contribution is -2.41. The zero-order valence-electron chi connectivity index (χ0n) is 15.0. The standard InChI is InChI=1S/C19H23FN4OS/c1-22(2)19(25)24-8-14-7-23(9-16-11-26-12-21-16)10-17(14)18(24)13-4-3-5-15(20)6-13/h3-6,11-12,14,17-18H,7-10H2,1-2H3/t14-,17-,18-/m1/s1. The molecule has 0 saturated carbocycles. The zero-order chi connectivity index (χ0) is 18.3. The van der Waals surface area contributed by atoms with E-state index in [9.17, 15) is 9.18 Å². The minimum atomic E-state index is -0.250. The number of halogens is 1. The molecule has 0 unspecified atom stereocenters. The summed E-state index contributed by atoms with van der Waals surface area (Å²) >= 11 is 1.61. The summed E-state index contributed by atoms with van der Waals surface area (Å²) in [7, 11) is 3.54. The molecule has 0 N–H and O–H groups in total. The van der Waals surface area contributed by atoms with Crippen molar-refractivity contribution >= 4 is 17.4 Å². The molecule has 2 aliphatic rings. The molecule has 2 aromatic rings. The Morgan fingerprint density at radius 2 is 2.19 bits per heavy atom. The maximum atomic E-state index is 13.8. The van der Waals surface area contributed by atoms with Gasteiger partial charge in [-0.05, 0) is 23.6 Å². The summed E-state index contributed by atoms with van der Waals surface area (Å²) in [6, 6.07) is 6.63. The summed E-state index contributed by atoms with van der Waals surface area (Å²) in [5.41, 5.74) is 3.85. The number of thiazole rings is 1. The molecule has 26 heavy (non-hydrogen) atoms. The van der Waals surface area contributed by atoms with Gasteiger partial charge in [-0.2, -0.15) is 0 Å². The van der Waals surface area contributed by atoms with Crippen LogP contribution in [0.15, 0.2) is 35.2 Å². The number of hydrogen-bond donors (Lipinski definition) is 0. The molecule has 0 aliphatic carbocycles. The minimum absolute atomic E-state index is 0.000266. The van der Waals surface area contributed by atoms with Crippen molar-refractivity contribution in [3.8, 4) is 0 Å². The molecule has 3 atom stereocenters. The number of urea groups is 1. The number of carbonyl (C=O) groups excluding carboxylic acids is 1. The van der Waals surface area contributed by atoms with E-state index in [1.54, 1.807) is 42.5 Å². The number of benzene rings is 1. The van der Waals surface area contributed by atoms with Gasteiger partial charge >= 0.3 is 6.03 Å². The molecule has 4 rings (SSSR count). The van der Waals surface area contributed by atoms with Gasteiger partial charge in [0.2, 0.25) is 0 Å². The summed E-state index contributed by atoms with van der Waals surface area (Å²) in [5, 5.41) is 2.08. The van der Waals surface area contributed by atoms with E-state index in [0.717, 1.165) is 37.4 Å². The quantitative estimate of drug-likeness (QED) is 0.829. The van der Waals surface area contributed by atoms with Crippen molar-refractivity contribution in [2.45, 2.75) is 12.6 Å². The number of carbonyl (C=O) groups is 1. The summed E-state index contributed by atoms with van der Waals surface area (Å²) < 4.78 is 13.8. The summed E-state index contributed by atoms with van der Waals surface area (Å²) in [6.45, 7) is 3.41. The van der Waals surface area contributed by atoms with E-state index in [4.69, 9.17) is 0 Å². The molecule has 1 aromatic carbocycles. The molecule has 5 nitrogen and oxygen atoms in total. The smallest absolute Gasteiger partial charge is 0.320 e. The predicted molar refractivity (Wildman–Crippen MR) is 99.3 cm³/mol. The van der Waals surface area contributed by atoms with Crippen molar-refractivity contribution in [3.05, 3.63) is 52.2 Å². The summed E-state index contributed by atoms with van der Waals surface area (Å²) in [5.74, 6) is 0.477. The SMILES string of the molecule is CN(C)C(=O)N1C[C@H]2CN(Cc3cscn3)C[C@H]2[C@H]1c1cccc(F)c1. The Morgan fingerprint density at radius 1 is 1.35 bits per heavy atom. The number of rotatable bonds is 3. The molecule has 138 valence electrons. The van der Waals surface area contributed by atoms with Crippen molar-refractivity contribution in [3.63, 3.8) is 0 Å². The number of likely N-dealkylation sites (tertiary alicyclic amines) is 2. The molecular formula is C19H23FN4OS. The van der Waals surface area contributed by atoms with Crippen LogP contribution in [0.3, 0.4) is 0 Å². The van der Waals surface area contributed by atoms with E-state index < -0.39 is 0 Å². The Hall–Kier alpha value is -1.99. The van der Waals surface area contributed by atoms with E-state index in [2.05, 4.69) is 15.3 Å². The Labute approximate surface area is 157 Å². The Kier molecular flexibility index (Phi) is 4.67. The van der Waals surface area contributed by atoms with Gasteiger partial charge < -0.3 is 9.80 Å². The highest BCUT2D eigenvalue weighted by Gasteiger charge is 2.49. The Bertz CT molecular complexity index is 782. The van der Waals surface area contributed by atoms with Crippen LogP contribution in [0.4, 0.5) is 9.18 Å². The third-order valence-corrected chi connectivity index (χ3v) is 6.06. The van der Waals surface area contributed by atoms with Crippen LogP contribution in [-0.4, -0.2) is 59.4 Å². The number of fused-ring (bicyclic) bond motifs is 1. The van der Waals surface area contributed by atoms with E-state index in [0.29, 0.717) is 11.8 Å². The van der Waals surface area contributed by atoms with Crippen LogP contribution in [0, 0.1) is 17.7 Å². The van der Waals surface area contributed by atoms with Gasteiger partial charge in [0.1, 0.15) is 5.82 Å². The summed E-state index contributed by atoms with van der Waals surface area (Å²) in [6.07, 6.45) is 0. The molecule has 2 aliphatic heterocycles. The number of nitrogens with zero attached hydrogens (tertiary/aromatic N) is 4. The van der Waals surface area contributed by atoms with E-state index in [-0.39, 0.29) is 17.9 Å². The number of hydrogen-bond acceptors (Lipinski definition) is 4. The number of aromatic nitrogens is 1. The average Bonchev–Trinajstić information content (AvgIpc) is 3.30. The average molecular weight is 374 g/mol. The molecule has 1 aromatic heterocycles. The Balaban J connectivity index is 1.59. The maximum Gasteiger partial charge on any atom is 0.320 e. The van der Waals surface area contributed by atoms with E-state index in [1.165, 1.54) is 6.07 Å². The normalized spacial score (nSPS) is 25.5. The van der Waals surface area contributed by atoms with Gasteiger partial charge in [0, 0.05) is 51.6 Å². The van der Waals surface area contributed by atoms with Gasteiger partial charge in [0.25, 0.3) is 0 Å². The fourth-order valence-corrected chi connectivity index (χ4v) is 4.93. The fraction of sp³-hybridized carbons (Fsp3) is 0.474. The lowest BCUT2D eigenvalue weighted by molar-refractivity contribution is 0.151. The lowest BCUT2D eigenvalue weighted by atomic mass is 9.89. The van der Waals surface area contributed by atoms with Crippen LogP contribution < -0.4 is 0 Å². The molecule has 2 fully saturated rings. The first-order valence-electron chi connectivity index (χ1n) is 8.85. The Morgan fingerprint density at radius 3 is 2.88 bits per heavy atom. The van der Waals surface area contributed by atoms with Crippen LogP contribution in [-0.2, 0) is 6.54 Å². The molecule has 0 spiro atoms. The van der Waals surface area contributed by atoms with Crippen molar-refractivity contribution in [2.75, 3.05) is 33.7 Å². The van der Waals surface area contributed by atoms with E-state index in [1.807, 2.05) is 16.5 Å². The van der Waals surface area contributed by atoms with Crippen LogP contribution in [0.2, 0.25) is 0 Å². The minimum Gasteiger partial charge on any atom is -0.331 e. The first-order valence-corrected chi connectivity index (χ1v) is 9.80. The molecule has 0 radical (unpaired) electrons. The third kappa shape index (κ3) is 3.21. The van der Waals surface area contributed by atoms with Gasteiger partial charge in [-0.3, -0.25) is 4.90 Å². The number of amides is 2. The first kappa shape index (κ1) is 17.4. The van der Waals surface area contributed by atoms with Crippen LogP contribution in [0.1, 0.15) is 17.3 Å². The van der Waals surface area contributed by atoms with Gasteiger partial charge in [0.05, 0.1) is 17.2 Å². The second kappa shape index (κ2) is 6.96. The molecule has 3 heterocycles. The predicted octanol–water partition coefficient (Wildman–Crippen LogP) is 3.07. The van der Waals surface area contributed by atoms with Crippen molar-refractivity contribution < 1.29 is 9.18 Å². The molecule has 7 heteroatoms. The van der Waals surface area contributed by atoms with Gasteiger partial charge in [0.15, 0.2) is 0 Å². The third-order valence-electron chi connectivity index (χ3n) is 5.43. The highest BCUT2D eigenvalue weighted by atomic mass is 32.1. The zero-order valence-corrected chi connectivity index (χ0v) is 15.8. The van der Waals surface area contributed by atoms with Gasteiger partial charge in [-0.1, -0.05) is 12.1 Å². The summed E-state index contributed by atoms with van der Waals surface area (Å²) in [4.78, 5) is 23.0. The van der Waals surface area contributed by atoms with Crippen molar-refractivity contribution in [2.24, 2.45) is 11.8 Å².